The van der Waals surface area contributed by atoms with E-state index in [0.29, 0.717) is 17.9 Å². The van der Waals surface area contributed by atoms with Gasteiger partial charge in [0.25, 0.3) is 0 Å². The van der Waals surface area contributed by atoms with Gasteiger partial charge in [-0.25, -0.2) is 0 Å². The first-order chi connectivity index (χ1) is 8.56. The van der Waals surface area contributed by atoms with E-state index in [9.17, 15) is 0 Å². The zero-order valence-electron chi connectivity index (χ0n) is 12.3. The highest BCUT2D eigenvalue weighted by molar-refractivity contribution is 5.85. The molecule has 1 aromatic rings. The molecule has 0 spiro atoms. The van der Waals surface area contributed by atoms with Gasteiger partial charge in [0, 0.05) is 25.7 Å². The Hall–Kier alpha value is -0.570. The van der Waals surface area contributed by atoms with Crippen LogP contribution in [0.4, 0.5) is 0 Å². The number of benzene rings is 1. The number of hydrogen-bond donors (Lipinski definition) is 1. The summed E-state index contributed by atoms with van der Waals surface area (Å²) in [5, 5.41) is 0. The van der Waals surface area contributed by atoms with Gasteiger partial charge in [-0.2, -0.15) is 0 Å². The molecule has 0 aromatic heterocycles. The Morgan fingerprint density at radius 1 is 1.21 bits per heavy atom. The third-order valence-electron chi connectivity index (χ3n) is 4.11. The van der Waals surface area contributed by atoms with Gasteiger partial charge < -0.3 is 10.6 Å². The summed E-state index contributed by atoms with van der Waals surface area (Å²) in [5.41, 5.74) is 8.91. The molecule has 0 amide bonds. The van der Waals surface area contributed by atoms with Crippen LogP contribution in [-0.2, 0) is 6.42 Å². The van der Waals surface area contributed by atoms with Crippen molar-refractivity contribution in [2.24, 2.45) is 11.7 Å². The Kier molecular flexibility index (Phi) is 6.31. The minimum Gasteiger partial charge on any atom is -0.326 e. The van der Waals surface area contributed by atoms with Crippen LogP contribution in [-0.4, -0.2) is 30.6 Å². The molecule has 0 bridgehead atoms. The average Bonchev–Trinajstić information content (AvgIpc) is 2.67. The monoisotopic (exact) mass is 282 g/mol. The van der Waals surface area contributed by atoms with Gasteiger partial charge in [-0.1, -0.05) is 45.0 Å². The lowest BCUT2D eigenvalue weighted by Crippen LogP contribution is -2.29. The van der Waals surface area contributed by atoms with Crippen molar-refractivity contribution in [3.05, 3.63) is 35.4 Å². The molecule has 2 nitrogen and oxygen atoms in total. The first-order valence-corrected chi connectivity index (χ1v) is 7.13. The Morgan fingerprint density at radius 2 is 1.84 bits per heavy atom. The number of hydrogen-bond acceptors (Lipinski definition) is 2. The molecule has 1 fully saturated rings. The van der Waals surface area contributed by atoms with Crippen molar-refractivity contribution in [3.8, 4) is 0 Å². The van der Waals surface area contributed by atoms with Gasteiger partial charge >= 0.3 is 0 Å². The Bertz CT molecular complexity index is 365. The van der Waals surface area contributed by atoms with Crippen molar-refractivity contribution in [1.29, 1.82) is 0 Å². The van der Waals surface area contributed by atoms with Gasteiger partial charge in [-0.15, -0.1) is 12.4 Å². The fraction of sp³-hybridized carbons (Fsp3) is 0.625. The van der Waals surface area contributed by atoms with Crippen LogP contribution in [0.25, 0.3) is 0 Å². The molecule has 19 heavy (non-hydrogen) atoms. The van der Waals surface area contributed by atoms with E-state index in [1.807, 2.05) is 0 Å². The van der Waals surface area contributed by atoms with E-state index in [2.05, 4.69) is 49.9 Å². The fourth-order valence-corrected chi connectivity index (χ4v) is 2.63. The topological polar surface area (TPSA) is 29.3 Å². The predicted molar refractivity (Wildman–Crippen MR) is 85.1 cm³/mol. The molecule has 2 unspecified atom stereocenters. The molecular weight excluding hydrogens is 256 g/mol. The standard InChI is InChI=1S/C16H26N2.ClH/c1-12(2)15-6-4-14(5-7-15)8-9-18-10-13(3)16(17)11-18;/h4-7,12-13,16H,8-11,17H2,1-3H3;1H. The van der Waals surface area contributed by atoms with E-state index in [0.717, 1.165) is 26.1 Å². The van der Waals surface area contributed by atoms with E-state index in [1.165, 1.54) is 11.1 Å². The molecule has 2 rings (SSSR count). The molecule has 0 saturated carbocycles. The molecule has 0 aliphatic carbocycles. The number of halogens is 1. The number of likely N-dealkylation sites (tertiary alicyclic amines) is 1. The Morgan fingerprint density at radius 3 is 2.32 bits per heavy atom. The van der Waals surface area contributed by atoms with Crippen LogP contribution in [0.3, 0.4) is 0 Å². The minimum absolute atomic E-state index is 0. The highest BCUT2D eigenvalue weighted by atomic mass is 35.5. The van der Waals surface area contributed by atoms with Crippen LogP contribution in [0, 0.1) is 5.92 Å². The third kappa shape index (κ3) is 4.48. The smallest absolute Gasteiger partial charge is 0.0206 e. The highest BCUT2D eigenvalue weighted by Crippen LogP contribution is 2.17. The second-order valence-electron chi connectivity index (χ2n) is 6.05. The molecule has 2 atom stereocenters. The first kappa shape index (κ1) is 16.5. The van der Waals surface area contributed by atoms with Gasteiger partial charge in [0.05, 0.1) is 0 Å². The van der Waals surface area contributed by atoms with Gasteiger partial charge in [-0.05, 0) is 29.4 Å². The third-order valence-corrected chi connectivity index (χ3v) is 4.11. The van der Waals surface area contributed by atoms with Crippen molar-refractivity contribution in [2.45, 2.75) is 39.2 Å². The SMILES string of the molecule is CC(C)c1ccc(CCN2CC(C)C(N)C2)cc1.Cl. The van der Waals surface area contributed by atoms with Gasteiger partial charge in [0.2, 0.25) is 0 Å². The number of nitrogens with two attached hydrogens (primary N) is 1. The van der Waals surface area contributed by atoms with Crippen molar-refractivity contribution < 1.29 is 0 Å². The van der Waals surface area contributed by atoms with Crippen molar-refractivity contribution >= 4 is 12.4 Å². The van der Waals surface area contributed by atoms with Crippen molar-refractivity contribution in [3.63, 3.8) is 0 Å². The minimum atomic E-state index is 0. The molecule has 1 aliphatic heterocycles. The van der Waals surface area contributed by atoms with Crippen LogP contribution < -0.4 is 5.73 Å². The summed E-state index contributed by atoms with van der Waals surface area (Å²) in [6.45, 7) is 10.1. The molecular formula is C16H27ClN2. The van der Waals surface area contributed by atoms with E-state index in [-0.39, 0.29) is 12.4 Å². The molecule has 1 heterocycles. The molecule has 108 valence electrons. The molecule has 1 aromatic carbocycles. The molecule has 2 N–H and O–H groups in total. The summed E-state index contributed by atoms with van der Waals surface area (Å²) >= 11 is 0. The Labute approximate surface area is 123 Å². The maximum Gasteiger partial charge on any atom is 0.0206 e. The van der Waals surface area contributed by atoms with Crippen LogP contribution in [0.5, 0.6) is 0 Å². The van der Waals surface area contributed by atoms with Crippen molar-refractivity contribution in [2.75, 3.05) is 19.6 Å². The number of nitrogens with zero attached hydrogens (tertiary/aromatic N) is 1. The highest BCUT2D eigenvalue weighted by Gasteiger charge is 2.25. The van der Waals surface area contributed by atoms with Crippen LogP contribution >= 0.6 is 12.4 Å². The maximum atomic E-state index is 6.05. The molecule has 3 heteroatoms. The number of rotatable bonds is 4. The van der Waals surface area contributed by atoms with E-state index >= 15 is 0 Å². The summed E-state index contributed by atoms with van der Waals surface area (Å²) in [7, 11) is 0. The zero-order chi connectivity index (χ0) is 13.1. The van der Waals surface area contributed by atoms with E-state index in [4.69, 9.17) is 5.73 Å². The first-order valence-electron chi connectivity index (χ1n) is 7.13. The van der Waals surface area contributed by atoms with Gasteiger partial charge in [-0.3, -0.25) is 0 Å². The molecule has 1 saturated heterocycles. The summed E-state index contributed by atoms with van der Waals surface area (Å²) in [6, 6.07) is 9.44. The lowest BCUT2D eigenvalue weighted by molar-refractivity contribution is 0.331. The van der Waals surface area contributed by atoms with Crippen LogP contribution in [0.15, 0.2) is 24.3 Å². The van der Waals surface area contributed by atoms with Crippen molar-refractivity contribution in [1.82, 2.24) is 4.90 Å². The lowest BCUT2D eigenvalue weighted by atomic mass is 10.0. The average molecular weight is 283 g/mol. The van der Waals surface area contributed by atoms with E-state index in [1.54, 1.807) is 0 Å². The predicted octanol–water partition coefficient (Wildman–Crippen LogP) is 3.05. The molecule has 1 aliphatic rings. The quantitative estimate of drug-likeness (QED) is 0.920. The second-order valence-corrected chi connectivity index (χ2v) is 6.05. The normalized spacial score (nSPS) is 23.6. The van der Waals surface area contributed by atoms with Gasteiger partial charge in [0.1, 0.15) is 0 Å². The van der Waals surface area contributed by atoms with E-state index < -0.39 is 0 Å². The molecule has 0 radical (unpaired) electrons. The Balaban J connectivity index is 0.00000180. The largest absolute Gasteiger partial charge is 0.326 e. The second kappa shape index (κ2) is 7.28. The summed E-state index contributed by atoms with van der Waals surface area (Å²) in [6.07, 6.45) is 1.14. The van der Waals surface area contributed by atoms with Crippen LogP contribution in [0.1, 0.15) is 37.8 Å². The fourth-order valence-electron chi connectivity index (χ4n) is 2.63. The zero-order valence-corrected chi connectivity index (χ0v) is 13.1. The summed E-state index contributed by atoms with van der Waals surface area (Å²) in [5.74, 6) is 1.27. The summed E-state index contributed by atoms with van der Waals surface area (Å²) in [4.78, 5) is 2.49. The maximum absolute atomic E-state index is 6.05. The van der Waals surface area contributed by atoms with Crippen LogP contribution in [0.2, 0.25) is 0 Å². The lowest BCUT2D eigenvalue weighted by Gasteiger charge is -2.15. The summed E-state index contributed by atoms with van der Waals surface area (Å²) < 4.78 is 0. The van der Waals surface area contributed by atoms with Gasteiger partial charge in [0.15, 0.2) is 0 Å².